The molecule has 0 aliphatic heterocycles. The summed E-state index contributed by atoms with van der Waals surface area (Å²) in [6.07, 6.45) is 2.63. The van der Waals surface area contributed by atoms with E-state index in [9.17, 15) is 9.59 Å². The first-order valence-electron chi connectivity index (χ1n) is 9.13. The van der Waals surface area contributed by atoms with Crippen LogP contribution in [0.2, 0.25) is 0 Å². The molecule has 0 saturated carbocycles. The van der Waals surface area contributed by atoms with E-state index < -0.39 is 0 Å². The van der Waals surface area contributed by atoms with E-state index in [0.29, 0.717) is 25.9 Å². The Labute approximate surface area is 158 Å². The van der Waals surface area contributed by atoms with Crippen LogP contribution in [-0.2, 0) is 11.3 Å². The van der Waals surface area contributed by atoms with E-state index in [1.165, 1.54) is 10.7 Å². The number of nitrogens with zero attached hydrogens (tertiary/aromatic N) is 2. The molecule has 1 heterocycles. The number of hydrogen-bond donors (Lipinski definition) is 1. The molecule has 0 saturated heterocycles. The van der Waals surface area contributed by atoms with Gasteiger partial charge in [-0.25, -0.2) is 4.68 Å². The van der Waals surface area contributed by atoms with Crippen LogP contribution in [0, 0.1) is 0 Å². The largest absolute Gasteiger partial charge is 0.356 e. The van der Waals surface area contributed by atoms with Crippen molar-refractivity contribution in [3.8, 4) is 0 Å². The minimum atomic E-state index is -0.128. The van der Waals surface area contributed by atoms with Crippen molar-refractivity contribution in [3.05, 3.63) is 100 Å². The van der Waals surface area contributed by atoms with E-state index in [2.05, 4.69) is 34.7 Å². The van der Waals surface area contributed by atoms with Gasteiger partial charge in [-0.1, -0.05) is 60.7 Å². The third-order valence-electron chi connectivity index (χ3n) is 4.45. The Balaban J connectivity index is 1.57. The molecule has 3 aromatic rings. The fraction of sp³-hybridized carbons (Fsp3) is 0.227. The molecule has 0 atom stereocenters. The normalized spacial score (nSPS) is 10.7. The molecule has 5 nitrogen and oxygen atoms in total. The van der Waals surface area contributed by atoms with E-state index in [1.807, 2.05) is 36.4 Å². The Morgan fingerprint density at radius 3 is 2.15 bits per heavy atom. The molecular weight excluding hydrogens is 338 g/mol. The van der Waals surface area contributed by atoms with Crippen molar-refractivity contribution in [3.63, 3.8) is 0 Å². The van der Waals surface area contributed by atoms with Crippen molar-refractivity contribution in [2.45, 2.75) is 25.3 Å². The first-order chi connectivity index (χ1) is 13.2. The molecule has 1 amide bonds. The zero-order valence-electron chi connectivity index (χ0n) is 15.1. The molecule has 0 radical (unpaired) electrons. The van der Waals surface area contributed by atoms with E-state index in [4.69, 9.17) is 0 Å². The molecule has 0 aliphatic carbocycles. The summed E-state index contributed by atoms with van der Waals surface area (Å²) in [6, 6.07) is 23.2. The summed E-state index contributed by atoms with van der Waals surface area (Å²) < 4.78 is 1.41. The van der Waals surface area contributed by atoms with Gasteiger partial charge < -0.3 is 5.32 Å². The van der Waals surface area contributed by atoms with Crippen LogP contribution in [-0.4, -0.2) is 22.2 Å². The van der Waals surface area contributed by atoms with E-state index in [-0.39, 0.29) is 17.4 Å². The maximum atomic E-state index is 12.5. The highest BCUT2D eigenvalue weighted by molar-refractivity contribution is 5.77. The van der Waals surface area contributed by atoms with Gasteiger partial charge in [0.05, 0.1) is 0 Å². The summed E-state index contributed by atoms with van der Waals surface area (Å²) >= 11 is 0. The van der Waals surface area contributed by atoms with Crippen molar-refractivity contribution >= 4 is 5.91 Å². The van der Waals surface area contributed by atoms with Crippen LogP contribution in [0.25, 0.3) is 0 Å². The van der Waals surface area contributed by atoms with E-state index >= 15 is 0 Å². The van der Waals surface area contributed by atoms with Gasteiger partial charge in [-0.2, -0.15) is 5.10 Å². The summed E-state index contributed by atoms with van der Waals surface area (Å²) in [7, 11) is 0. The molecule has 138 valence electrons. The lowest BCUT2D eigenvalue weighted by Crippen LogP contribution is -2.28. The van der Waals surface area contributed by atoms with Gasteiger partial charge in [-0.15, -0.1) is 0 Å². The number of hydrogen-bond acceptors (Lipinski definition) is 3. The monoisotopic (exact) mass is 361 g/mol. The predicted octanol–water partition coefficient (Wildman–Crippen LogP) is 2.97. The summed E-state index contributed by atoms with van der Waals surface area (Å²) in [5.74, 6) is 0.0203. The summed E-state index contributed by atoms with van der Waals surface area (Å²) in [5, 5.41) is 6.97. The van der Waals surface area contributed by atoms with Crippen molar-refractivity contribution in [1.29, 1.82) is 0 Å². The molecule has 0 unspecified atom stereocenters. The van der Waals surface area contributed by atoms with Crippen LogP contribution >= 0.6 is 0 Å². The van der Waals surface area contributed by atoms with Crippen LogP contribution in [0.4, 0.5) is 0 Å². The van der Waals surface area contributed by atoms with Gasteiger partial charge in [-0.05, 0) is 23.6 Å². The first kappa shape index (κ1) is 18.6. The molecule has 0 spiro atoms. The number of nitrogens with one attached hydrogen (secondary N) is 1. The lowest BCUT2D eigenvalue weighted by molar-refractivity contribution is -0.121. The highest BCUT2D eigenvalue weighted by Crippen LogP contribution is 2.27. The topological polar surface area (TPSA) is 64.0 Å². The van der Waals surface area contributed by atoms with Gasteiger partial charge in [0.15, 0.2) is 0 Å². The van der Waals surface area contributed by atoms with Gasteiger partial charge in [0, 0.05) is 37.7 Å². The number of aryl methyl sites for hydroxylation is 1. The molecular formula is C22H23N3O2. The summed E-state index contributed by atoms with van der Waals surface area (Å²) in [4.78, 5) is 24.1. The smallest absolute Gasteiger partial charge is 0.266 e. The van der Waals surface area contributed by atoms with E-state index in [1.54, 1.807) is 12.3 Å². The molecule has 5 heteroatoms. The van der Waals surface area contributed by atoms with Gasteiger partial charge in [0.1, 0.15) is 0 Å². The Kier molecular flexibility index (Phi) is 6.52. The quantitative estimate of drug-likeness (QED) is 0.628. The molecule has 27 heavy (non-hydrogen) atoms. The average molecular weight is 361 g/mol. The van der Waals surface area contributed by atoms with Gasteiger partial charge >= 0.3 is 0 Å². The highest BCUT2D eigenvalue weighted by Gasteiger charge is 2.17. The van der Waals surface area contributed by atoms with Crippen LogP contribution in [0.1, 0.15) is 29.9 Å². The third-order valence-corrected chi connectivity index (χ3v) is 4.45. The molecule has 2 aromatic carbocycles. The van der Waals surface area contributed by atoms with Crippen LogP contribution in [0.3, 0.4) is 0 Å². The predicted molar refractivity (Wildman–Crippen MR) is 105 cm³/mol. The maximum Gasteiger partial charge on any atom is 0.266 e. The lowest BCUT2D eigenvalue weighted by Gasteiger charge is -2.18. The minimum absolute atomic E-state index is 0.000994. The average Bonchev–Trinajstić information content (AvgIpc) is 2.72. The zero-order chi connectivity index (χ0) is 18.9. The Morgan fingerprint density at radius 1 is 0.926 bits per heavy atom. The Bertz CT molecular complexity index is 868. The van der Waals surface area contributed by atoms with Gasteiger partial charge in [-0.3, -0.25) is 9.59 Å². The zero-order valence-corrected chi connectivity index (χ0v) is 15.1. The number of rotatable bonds is 8. The number of carbonyl (C=O) groups excluding carboxylic acids is 1. The van der Waals surface area contributed by atoms with Crippen LogP contribution in [0.5, 0.6) is 0 Å². The number of carbonyl (C=O) groups is 1. The third kappa shape index (κ3) is 5.38. The standard InChI is InChI=1S/C22H23N3O2/c26-21(23-14-8-16-25-22(27)13-7-15-24-25)17-20(18-9-3-1-4-10-18)19-11-5-2-6-12-19/h1-7,9-13,15,20H,8,14,16-17H2,(H,23,26). The highest BCUT2D eigenvalue weighted by atomic mass is 16.1. The number of aromatic nitrogens is 2. The summed E-state index contributed by atoms with van der Waals surface area (Å²) in [6.45, 7) is 0.999. The molecule has 1 aromatic heterocycles. The van der Waals surface area contributed by atoms with E-state index in [0.717, 1.165) is 11.1 Å². The molecule has 0 bridgehead atoms. The van der Waals surface area contributed by atoms with Crippen LogP contribution in [0.15, 0.2) is 83.8 Å². The lowest BCUT2D eigenvalue weighted by atomic mass is 9.88. The fourth-order valence-electron chi connectivity index (χ4n) is 3.07. The maximum absolute atomic E-state index is 12.5. The number of amides is 1. The molecule has 0 aliphatic rings. The van der Waals surface area contributed by atoms with Gasteiger partial charge in [0.2, 0.25) is 5.91 Å². The molecule has 0 fully saturated rings. The van der Waals surface area contributed by atoms with Gasteiger partial charge in [0.25, 0.3) is 5.56 Å². The number of benzene rings is 2. The Hall–Kier alpha value is -3.21. The fourth-order valence-corrected chi connectivity index (χ4v) is 3.07. The van der Waals surface area contributed by atoms with Crippen molar-refractivity contribution in [2.75, 3.05) is 6.54 Å². The second kappa shape index (κ2) is 9.48. The SMILES string of the molecule is O=C(CC(c1ccccc1)c1ccccc1)NCCCn1ncccc1=O. The van der Waals surface area contributed by atoms with Crippen molar-refractivity contribution < 1.29 is 4.79 Å². The Morgan fingerprint density at radius 2 is 1.56 bits per heavy atom. The second-order valence-corrected chi connectivity index (χ2v) is 6.37. The van der Waals surface area contributed by atoms with Crippen molar-refractivity contribution in [2.24, 2.45) is 0 Å². The molecule has 1 N–H and O–H groups in total. The molecule has 3 rings (SSSR count). The first-order valence-corrected chi connectivity index (χ1v) is 9.13. The summed E-state index contributed by atoms with van der Waals surface area (Å²) in [5.41, 5.74) is 2.12. The second-order valence-electron chi connectivity index (χ2n) is 6.37. The van der Waals surface area contributed by atoms with Crippen LogP contribution < -0.4 is 10.9 Å². The minimum Gasteiger partial charge on any atom is -0.356 e. The van der Waals surface area contributed by atoms with Crippen molar-refractivity contribution in [1.82, 2.24) is 15.1 Å².